The zero-order valence-electron chi connectivity index (χ0n) is 10.6. The first-order valence-electron chi connectivity index (χ1n) is 6.27. The van der Waals surface area contributed by atoms with Gasteiger partial charge in [-0.1, -0.05) is 26.2 Å². The molecule has 0 aromatic carbocycles. The summed E-state index contributed by atoms with van der Waals surface area (Å²) in [5.74, 6) is -0.159. The summed E-state index contributed by atoms with van der Waals surface area (Å²) in [6.07, 6.45) is 6.25. The van der Waals surface area contributed by atoms with E-state index in [2.05, 4.69) is 12.2 Å². The van der Waals surface area contributed by atoms with E-state index in [9.17, 15) is 4.79 Å². The van der Waals surface area contributed by atoms with E-state index >= 15 is 0 Å². The summed E-state index contributed by atoms with van der Waals surface area (Å²) in [6.45, 7) is 3.74. The molecule has 0 amide bonds. The summed E-state index contributed by atoms with van der Waals surface area (Å²) in [4.78, 5) is 11.5. The van der Waals surface area contributed by atoms with Gasteiger partial charge < -0.3 is 15.8 Å². The lowest BCUT2D eigenvalue weighted by Crippen LogP contribution is -2.38. The molecule has 1 unspecified atom stereocenters. The molecular weight excluding hydrogens is 232 g/mol. The monoisotopic (exact) mass is 262 g/mol. The minimum atomic E-state index is -0.159. The number of ether oxygens (including phenoxy) is 1. The Morgan fingerprint density at radius 1 is 1.29 bits per heavy atom. The van der Waals surface area contributed by atoms with Gasteiger partial charge in [0.25, 0.3) is 0 Å². The van der Waals surface area contributed by atoms with Crippen molar-refractivity contribution in [2.75, 3.05) is 20.2 Å². The van der Waals surface area contributed by atoms with Crippen LogP contribution in [-0.2, 0) is 9.53 Å². The zero-order valence-corrected chi connectivity index (χ0v) is 10.6. The Kier molecular flexibility index (Phi) is 15.2. The summed E-state index contributed by atoms with van der Waals surface area (Å²) in [5, 5.41) is 3.25. The highest BCUT2D eigenvalue weighted by Gasteiger charge is 2.17. The molecule has 0 heterocycles. The van der Waals surface area contributed by atoms with Gasteiger partial charge in [0.15, 0.2) is 0 Å². The van der Waals surface area contributed by atoms with Crippen molar-refractivity contribution < 1.29 is 9.53 Å². The average Bonchev–Trinajstić information content (AvgIpc) is 2.31. The van der Waals surface area contributed by atoms with Crippen LogP contribution in [-0.4, -0.2) is 43.2 Å². The van der Waals surface area contributed by atoms with E-state index < -0.39 is 0 Å². The Labute approximate surface area is 110 Å². The highest BCUT2D eigenvalue weighted by Crippen LogP contribution is 2.03. The maximum atomic E-state index is 11.5. The molecule has 0 saturated heterocycles. The largest absolute Gasteiger partial charge is 0.468 e. The molecule has 0 fully saturated rings. The first-order valence-corrected chi connectivity index (χ1v) is 6.27. The molecule has 4 nitrogen and oxygen atoms in total. The van der Waals surface area contributed by atoms with Gasteiger partial charge in [-0.2, -0.15) is 0 Å². The van der Waals surface area contributed by atoms with E-state index in [0.717, 1.165) is 32.2 Å². The number of hydrogen-bond donors (Lipinski definition) is 2. The minimum Gasteiger partial charge on any atom is -0.468 e. The van der Waals surface area contributed by atoms with Crippen LogP contribution in [0.1, 0.15) is 45.4 Å². The van der Waals surface area contributed by atoms with Crippen LogP contribution in [0.15, 0.2) is 0 Å². The van der Waals surface area contributed by atoms with Crippen molar-refractivity contribution in [1.82, 2.24) is 5.32 Å². The number of methoxy groups -OCH3 is 1. The lowest BCUT2D eigenvalue weighted by Gasteiger charge is -2.16. The van der Waals surface area contributed by atoms with E-state index in [1.807, 2.05) is 0 Å². The van der Waals surface area contributed by atoms with E-state index in [1.165, 1.54) is 20.0 Å². The summed E-state index contributed by atoms with van der Waals surface area (Å²) in [5.41, 5.74) is 5.43. The number of esters is 1. The van der Waals surface area contributed by atoms with Crippen LogP contribution in [0.5, 0.6) is 0 Å². The lowest BCUT2D eigenvalue weighted by molar-refractivity contribution is -0.143. The maximum Gasteiger partial charge on any atom is 0.322 e. The van der Waals surface area contributed by atoms with Gasteiger partial charge in [-0.15, -0.1) is 0 Å². The highest BCUT2D eigenvalue weighted by atomic mass is 28.1. The first-order chi connectivity index (χ1) is 7.76. The van der Waals surface area contributed by atoms with Crippen molar-refractivity contribution in [3.05, 3.63) is 0 Å². The summed E-state index contributed by atoms with van der Waals surface area (Å²) in [7, 11) is 1.44. The second-order valence-corrected chi connectivity index (χ2v) is 4.02. The number of hydrogen-bond acceptors (Lipinski definition) is 4. The Morgan fingerprint density at radius 2 is 2.00 bits per heavy atom. The number of unbranched alkanes of at least 4 members (excludes halogenated alkanes) is 3. The van der Waals surface area contributed by atoms with Crippen LogP contribution < -0.4 is 11.1 Å². The molecular formula is C12H30N2O2Si. The molecule has 0 aromatic heterocycles. The normalized spacial score (nSPS) is 11.7. The molecule has 5 heteroatoms. The fourth-order valence-corrected chi connectivity index (χ4v) is 1.59. The molecule has 0 spiro atoms. The van der Waals surface area contributed by atoms with Gasteiger partial charge in [0, 0.05) is 0 Å². The third kappa shape index (κ3) is 10.5. The number of nitrogens with one attached hydrogen (secondary N) is 1. The standard InChI is InChI=1S/C12H26N2O2.H4Si/c1-3-4-7-10-14-11(12(15)16-2)8-5-6-9-13;/h11,14H,3-10,13H2,1-2H3;1H4. The topological polar surface area (TPSA) is 64.3 Å². The smallest absolute Gasteiger partial charge is 0.322 e. The summed E-state index contributed by atoms with van der Waals surface area (Å²) in [6, 6.07) is -0.159. The minimum absolute atomic E-state index is 0. The van der Waals surface area contributed by atoms with Crippen LogP contribution in [0.4, 0.5) is 0 Å². The molecule has 17 heavy (non-hydrogen) atoms. The number of carbonyl (C=O) groups is 1. The van der Waals surface area contributed by atoms with Crippen LogP contribution >= 0.6 is 0 Å². The van der Waals surface area contributed by atoms with E-state index in [0.29, 0.717) is 6.54 Å². The van der Waals surface area contributed by atoms with E-state index in [1.54, 1.807) is 0 Å². The molecule has 0 aromatic rings. The molecule has 0 saturated carbocycles. The third-order valence-electron chi connectivity index (χ3n) is 2.60. The molecule has 0 bridgehead atoms. The van der Waals surface area contributed by atoms with Crippen LogP contribution in [0.2, 0.25) is 0 Å². The Bertz CT molecular complexity index is 180. The van der Waals surface area contributed by atoms with Gasteiger partial charge in [-0.25, -0.2) is 0 Å². The van der Waals surface area contributed by atoms with Crippen molar-refractivity contribution in [2.45, 2.75) is 51.5 Å². The lowest BCUT2D eigenvalue weighted by atomic mass is 10.1. The van der Waals surface area contributed by atoms with Gasteiger partial charge in [0.1, 0.15) is 6.04 Å². The van der Waals surface area contributed by atoms with Gasteiger partial charge in [-0.05, 0) is 43.3 Å². The third-order valence-corrected chi connectivity index (χ3v) is 2.60. The fraction of sp³-hybridized carbons (Fsp3) is 0.917. The van der Waals surface area contributed by atoms with Gasteiger partial charge in [-0.3, -0.25) is 4.79 Å². The predicted octanol–water partition coefficient (Wildman–Crippen LogP) is -0.0148. The zero-order chi connectivity index (χ0) is 12.2. The molecule has 0 aliphatic rings. The van der Waals surface area contributed by atoms with Crippen molar-refractivity contribution in [3.8, 4) is 0 Å². The summed E-state index contributed by atoms with van der Waals surface area (Å²) < 4.78 is 4.77. The van der Waals surface area contributed by atoms with E-state index in [-0.39, 0.29) is 23.0 Å². The fourth-order valence-electron chi connectivity index (χ4n) is 1.59. The molecule has 3 N–H and O–H groups in total. The highest BCUT2D eigenvalue weighted by molar-refractivity contribution is 5.75. The van der Waals surface area contributed by atoms with Crippen molar-refractivity contribution >= 4 is 16.9 Å². The van der Waals surface area contributed by atoms with Gasteiger partial charge in [0.2, 0.25) is 0 Å². The molecule has 104 valence electrons. The van der Waals surface area contributed by atoms with Crippen molar-refractivity contribution in [1.29, 1.82) is 0 Å². The number of rotatable bonds is 10. The Morgan fingerprint density at radius 3 is 2.53 bits per heavy atom. The number of nitrogens with two attached hydrogens (primary N) is 1. The average molecular weight is 262 g/mol. The van der Waals surface area contributed by atoms with Crippen LogP contribution in [0.25, 0.3) is 0 Å². The second-order valence-electron chi connectivity index (χ2n) is 4.02. The summed E-state index contributed by atoms with van der Waals surface area (Å²) >= 11 is 0. The second kappa shape index (κ2) is 13.7. The molecule has 0 radical (unpaired) electrons. The van der Waals surface area contributed by atoms with Crippen molar-refractivity contribution in [2.24, 2.45) is 5.73 Å². The predicted molar refractivity (Wildman–Crippen MR) is 77.6 cm³/mol. The quantitative estimate of drug-likeness (QED) is 0.330. The molecule has 1 atom stereocenters. The number of carbonyl (C=O) groups excluding carboxylic acids is 1. The molecule has 0 rings (SSSR count). The van der Waals surface area contributed by atoms with Gasteiger partial charge in [0.05, 0.1) is 7.11 Å². The first kappa shape index (κ1) is 19.0. The van der Waals surface area contributed by atoms with Crippen LogP contribution in [0.3, 0.4) is 0 Å². The Hall–Kier alpha value is -0.393. The van der Waals surface area contributed by atoms with Gasteiger partial charge >= 0.3 is 5.97 Å². The molecule has 0 aliphatic heterocycles. The molecule has 0 aliphatic carbocycles. The SMILES string of the molecule is CCCCCNC(CCCCN)C(=O)OC.[SiH4]. The Balaban J connectivity index is 0. The van der Waals surface area contributed by atoms with Crippen molar-refractivity contribution in [3.63, 3.8) is 0 Å². The maximum absolute atomic E-state index is 11.5. The van der Waals surface area contributed by atoms with Crippen LogP contribution in [0, 0.1) is 0 Å². The van der Waals surface area contributed by atoms with E-state index in [4.69, 9.17) is 10.5 Å².